The molecule has 0 aliphatic carbocycles. The summed E-state index contributed by atoms with van der Waals surface area (Å²) < 4.78 is 10.4. The molecule has 1 unspecified atom stereocenters. The largest absolute Gasteiger partial charge is 0.374 e. The fourth-order valence-corrected chi connectivity index (χ4v) is 4.61. The molecule has 0 spiro atoms. The van der Waals surface area contributed by atoms with Crippen LogP contribution in [0.2, 0.25) is 0 Å². The van der Waals surface area contributed by atoms with E-state index in [0.717, 1.165) is 82.3 Å². The van der Waals surface area contributed by atoms with Crippen LogP contribution in [0.1, 0.15) is 33.5 Å². The maximum Gasteiger partial charge on any atom is 0.205 e. The molecule has 2 aliphatic heterocycles. The first-order chi connectivity index (χ1) is 14.1. The smallest absolute Gasteiger partial charge is 0.205 e. The predicted molar refractivity (Wildman–Crippen MR) is 120 cm³/mol. The molecule has 1 aromatic rings. The van der Waals surface area contributed by atoms with Crippen molar-refractivity contribution < 1.29 is 4.74 Å². The van der Waals surface area contributed by atoms with Crippen LogP contribution in [0.4, 0.5) is 5.13 Å². The highest BCUT2D eigenvalue weighted by molar-refractivity contribution is 7.09. The average molecular weight is 424 g/mol. The molecule has 9 heteroatoms. The number of hydrogen-bond acceptors (Lipinski definition) is 7. The van der Waals surface area contributed by atoms with Crippen molar-refractivity contribution in [1.82, 2.24) is 24.5 Å². The summed E-state index contributed by atoms with van der Waals surface area (Å²) in [6, 6.07) is 0. The van der Waals surface area contributed by atoms with Gasteiger partial charge in [0, 0.05) is 70.3 Å². The molecule has 1 atom stereocenters. The molecular formula is C20H37N7OS. The minimum absolute atomic E-state index is 0.186. The Morgan fingerprint density at radius 2 is 2.03 bits per heavy atom. The van der Waals surface area contributed by atoms with Crippen molar-refractivity contribution in [3.8, 4) is 0 Å². The lowest BCUT2D eigenvalue weighted by atomic mass is 10.2. The van der Waals surface area contributed by atoms with Crippen LogP contribution in [0.3, 0.4) is 0 Å². The van der Waals surface area contributed by atoms with E-state index in [1.165, 1.54) is 11.5 Å². The maximum absolute atomic E-state index is 5.98. The summed E-state index contributed by atoms with van der Waals surface area (Å²) in [5, 5.41) is 4.51. The van der Waals surface area contributed by atoms with Crippen LogP contribution >= 0.6 is 11.5 Å². The number of piperazine rings is 1. The molecule has 0 amide bonds. The van der Waals surface area contributed by atoms with Gasteiger partial charge in [0.25, 0.3) is 0 Å². The van der Waals surface area contributed by atoms with Crippen molar-refractivity contribution >= 4 is 22.6 Å². The van der Waals surface area contributed by atoms with Gasteiger partial charge in [0.05, 0.1) is 19.3 Å². The maximum atomic E-state index is 5.98. The molecule has 8 nitrogen and oxygen atoms in total. The molecule has 2 aliphatic rings. The lowest BCUT2D eigenvalue weighted by molar-refractivity contribution is -0.0262. The van der Waals surface area contributed by atoms with Crippen molar-refractivity contribution in [3.05, 3.63) is 5.82 Å². The van der Waals surface area contributed by atoms with E-state index < -0.39 is 0 Å². The Hall–Kier alpha value is -1.45. The minimum Gasteiger partial charge on any atom is -0.374 e. The highest BCUT2D eigenvalue weighted by atomic mass is 32.1. The summed E-state index contributed by atoms with van der Waals surface area (Å²) >= 11 is 1.51. The number of hydrogen-bond donors (Lipinski definition) is 1. The number of aliphatic imine (C=N–C) groups is 1. The Labute approximate surface area is 179 Å². The summed E-state index contributed by atoms with van der Waals surface area (Å²) in [5.41, 5.74) is 0. The Bertz CT molecular complexity index is 643. The molecule has 29 heavy (non-hydrogen) atoms. The van der Waals surface area contributed by atoms with Gasteiger partial charge in [-0.1, -0.05) is 20.8 Å². The number of aromatic nitrogens is 2. The highest BCUT2D eigenvalue weighted by Crippen LogP contribution is 2.19. The van der Waals surface area contributed by atoms with Crippen LogP contribution < -0.4 is 10.2 Å². The predicted octanol–water partition coefficient (Wildman–Crippen LogP) is 1.54. The van der Waals surface area contributed by atoms with E-state index in [9.17, 15) is 0 Å². The number of nitrogens with zero attached hydrogens (tertiary/aromatic N) is 6. The molecule has 3 rings (SSSR count). The molecular weight excluding hydrogens is 386 g/mol. The lowest BCUT2D eigenvalue weighted by Crippen LogP contribution is -2.53. The van der Waals surface area contributed by atoms with Gasteiger partial charge in [-0.25, -0.2) is 4.98 Å². The van der Waals surface area contributed by atoms with E-state index in [-0.39, 0.29) is 6.10 Å². The second-order valence-electron chi connectivity index (χ2n) is 8.16. The second kappa shape index (κ2) is 11.1. The van der Waals surface area contributed by atoms with Gasteiger partial charge < -0.3 is 19.9 Å². The van der Waals surface area contributed by atoms with E-state index >= 15 is 0 Å². The van der Waals surface area contributed by atoms with Crippen LogP contribution in [0.25, 0.3) is 0 Å². The third kappa shape index (κ3) is 6.52. The van der Waals surface area contributed by atoms with Crippen molar-refractivity contribution in [2.24, 2.45) is 10.9 Å². The average Bonchev–Trinajstić information content (AvgIpc) is 3.20. The normalized spacial score (nSPS) is 21.8. The van der Waals surface area contributed by atoms with Gasteiger partial charge in [-0.15, -0.1) is 0 Å². The van der Waals surface area contributed by atoms with Gasteiger partial charge in [0.2, 0.25) is 5.13 Å². The number of nitrogens with one attached hydrogen (secondary N) is 1. The number of rotatable bonds is 7. The zero-order valence-electron chi connectivity index (χ0n) is 18.4. The van der Waals surface area contributed by atoms with Gasteiger partial charge in [-0.05, 0) is 12.8 Å². The number of morpholine rings is 1. The summed E-state index contributed by atoms with van der Waals surface area (Å²) in [6.07, 6.45) is 1.08. The number of guanidine groups is 1. The molecule has 2 saturated heterocycles. The van der Waals surface area contributed by atoms with Crippen molar-refractivity contribution in [2.75, 3.05) is 70.4 Å². The van der Waals surface area contributed by atoms with E-state index in [4.69, 9.17) is 9.73 Å². The first-order valence-electron chi connectivity index (χ1n) is 11.0. The quantitative estimate of drug-likeness (QED) is 0.527. The van der Waals surface area contributed by atoms with Gasteiger partial charge in [0.1, 0.15) is 5.82 Å². The first-order valence-corrected chi connectivity index (χ1v) is 11.8. The summed E-state index contributed by atoms with van der Waals surface area (Å²) in [6.45, 7) is 18.1. The number of aryl methyl sites for hydroxylation is 1. The van der Waals surface area contributed by atoms with E-state index in [0.29, 0.717) is 12.5 Å². The monoisotopic (exact) mass is 423 g/mol. The third-order valence-corrected chi connectivity index (χ3v) is 6.06. The number of anilines is 1. The Balaban J connectivity index is 1.52. The minimum atomic E-state index is 0.186. The molecule has 0 aromatic carbocycles. The molecule has 1 aromatic heterocycles. The zero-order chi connectivity index (χ0) is 20.6. The van der Waals surface area contributed by atoms with Crippen LogP contribution in [-0.2, 0) is 11.2 Å². The summed E-state index contributed by atoms with van der Waals surface area (Å²) in [7, 11) is 0. The second-order valence-corrected chi connectivity index (χ2v) is 8.89. The summed E-state index contributed by atoms with van der Waals surface area (Å²) in [5.74, 6) is 2.64. The van der Waals surface area contributed by atoms with Crippen LogP contribution in [0, 0.1) is 5.92 Å². The fourth-order valence-electron chi connectivity index (χ4n) is 3.81. The van der Waals surface area contributed by atoms with Crippen LogP contribution in [0.15, 0.2) is 4.99 Å². The Morgan fingerprint density at radius 3 is 2.69 bits per heavy atom. The van der Waals surface area contributed by atoms with Crippen LogP contribution in [-0.4, -0.2) is 96.7 Å². The molecule has 1 N–H and O–H groups in total. The van der Waals surface area contributed by atoms with Crippen LogP contribution in [0.5, 0.6) is 0 Å². The summed E-state index contributed by atoms with van der Waals surface area (Å²) in [4.78, 5) is 16.8. The molecule has 0 saturated carbocycles. The molecule has 3 heterocycles. The lowest BCUT2D eigenvalue weighted by Gasteiger charge is -2.37. The fraction of sp³-hybridized carbons (Fsp3) is 0.850. The highest BCUT2D eigenvalue weighted by Gasteiger charge is 2.24. The van der Waals surface area contributed by atoms with Crippen molar-refractivity contribution in [2.45, 2.75) is 40.2 Å². The zero-order valence-corrected chi connectivity index (χ0v) is 19.2. The SMILES string of the molecule is CCNC(=NCC1CN(CC(C)C)CCO1)N1CCN(c2nc(CC)ns2)CC1. The van der Waals surface area contributed by atoms with E-state index in [1.807, 2.05) is 0 Å². The Morgan fingerprint density at radius 1 is 1.24 bits per heavy atom. The van der Waals surface area contributed by atoms with Crippen molar-refractivity contribution in [1.29, 1.82) is 0 Å². The third-order valence-electron chi connectivity index (χ3n) is 5.25. The molecule has 2 fully saturated rings. The van der Waals surface area contributed by atoms with E-state index in [1.54, 1.807) is 0 Å². The number of ether oxygens (including phenoxy) is 1. The van der Waals surface area contributed by atoms with Gasteiger partial charge in [-0.2, -0.15) is 4.37 Å². The van der Waals surface area contributed by atoms with Crippen molar-refractivity contribution in [3.63, 3.8) is 0 Å². The standard InChI is InChI=1S/C20H37N7OS/c1-5-18-23-20(29-24-18)27-9-7-26(8-10-27)19(21-6-2)22-13-17-15-25(11-12-28-17)14-16(3)4/h16-17H,5-15H2,1-4H3,(H,21,22). The van der Waals surface area contributed by atoms with Gasteiger partial charge in [0.15, 0.2) is 5.96 Å². The van der Waals surface area contributed by atoms with Gasteiger partial charge in [-0.3, -0.25) is 9.89 Å². The molecule has 164 valence electrons. The molecule has 0 radical (unpaired) electrons. The first kappa shape index (κ1) is 22.2. The topological polar surface area (TPSA) is 69.1 Å². The molecule has 0 bridgehead atoms. The van der Waals surface area contributed by atoms with E-state index in [2.05, 4.69) is 57.1 Å². The Kier molecular flexibility index (Phi) is 8.50. The van der Waals surface area contributed by atoms with Gasteiger partial charge >= 0.3 is 0 Å².